The minimum atomic E-state index is -0.787. The van der Waals surface area contributed by atoms with Crippen LogP contribution in [0.15, 0.2) is 36.7 Å². The van der Waals surface area contributed by atoms with Gasteiger partial charge in [0.2, 0.25) is 0 Å². The molecule has 0 aliphatic carbocycles. The number of aromatic hydroxyl groups is 1. The van der Waals surface area contributed by atoms with Crippen molar-refractivity contribution in [3.05, 3.63) is 42.5 Å². The summed E-state index contributed by atoms with van der Waals surface area (Å²) in [6.07, 6.45) is 1.96. The van der Waals surface area contributed by atoms with Crippen LogP contribution in [0.3, 0.4) is 0 Å². The lowest BCUT2D eigenvalue weighted by Gasteiger charge is -2.45. The Morgan fingerprint density at radius 3 is 2.85 bits per heavy atom. The average molecular weight is 453 g/mol. The predicted octanol–water partition coefficient (Wildman–Crippen LogP) is 3.65. The molecule has 2 fully saturated rings. The molecule has 3 aromatic rings. The van der Waals surface area contributed by atoms with E-state index in [1.165, 1.54) is 31.6 Å². The molecule has 1 amide bonds. The molecule has 33 heavy (non-hydrogen) atoms. The summed E-state index contributed by atoms with van der Waals surface area (Å²) in [5.41, 5.74) is 0.617. The van der Waals surface area contributed by atoms with Crippen LogP contribution >= 0.6 is 0 Å². The van der Waals surface area contributed by atoms with Gasteiger partial charge in [-0.25, -0.2) is 19.2 Å². The quantitative estimate of drug-likeness (QED) is 0.584. The summed E-state index contributed by atoms with van der Waals surface area (Å²) < 4.78 is 25.7. The van der Waals surface area contributed by atoms with E-state index < -0.39 is 23.3 Å². The summed E-state index contributed by atoms with van der Waals surface area (Å²) in [5, 5.41) is 13.2. The molecule has 172 valence electrons. The van der Waals surface area contributed by atoms with E-state index in [9.17, 15) is 14.3 Å². The van der Waals surface area contributed by atoms with Crippen molar-refractivity contribution in [3.63, 3.8) is 0 Å². The van der Waals surface area contributed by atoms with Crippen LogP contribution in [0.5, 0.6) is 11.5 Å². The number of carbonyl (C=O) groups excluding carboxylic acids is 1. The van der Waals surface area contributed by atoms with Crippen molar-refractivity contribution in [3.8, 4) is 11.5 Å². The van der Waals surface area contributed by atoms with E-state index in [1.54, 1.807) is 17.0 Å². The van der Waals surface area contributed by atoms with Crippen molar-refractivity contribution in [1.29, 1.82) is 0 Å². The molecule has 1 aromatic heterocycles. The van der Waals surface area contributed by atoms with E-state index in [-0.39, 0.29) is 5.69 Å². The van der Waals surface area contributed by atoms with Crippen molar-refractivity contribution in [2.45, 2.75) is 18.9 Å². The molecular formula is C23H24FN5O4. The third-order valence-electron chi connectivity index (χ3n) is 5.99. The van der Waals surface area contributed by atoms with Crippen LogP contribution in [-0.4, -0.2) is 65.0 Å². The molecular weight excluding hydrogens is 429 g/mol. The zero-order valence-corrected chi connectivity index (χ0v) is 18.3. The number of nitrogens with zero attached hydrogens (tertiary/aromatic N) is 4. The number of hydrogen-bond donors (Lipinski definition) is 2. The molecule has 2 aliphatic rings. The molecule has 0 unspecified atom stereocenters. The highest BCUT2D eigenvalue weighted by Gasteiger charge is 2.54. The highest BCUT2D eigenvalue weighted by molar-refractivity contribution is 6.00. The van der Waals surface area contributed by atoms with Crippen molar-refractivity contribution in [2.75, 3.05) is 43.5 Å². The largest absolute Gasteiger partial charge is 0.505 e. The minimum absolute atomic E-state index is 0.0670. The van der Waals surface area contributed by atoms with E-state index in [0.717, 1.165) is 13.0 Å². The number of halogens is 1. The number of phenolic OH excluding ortho intramolecular Hbond substituents is 1. The first-order valence-electron chi connectivity index (χ1n) is 10.7. The van der Waals surface area contributed by atoms with Crippen LogP contribution < -0.4 is 15.0 Å². The first kappa shape index (κ1) is 21.2. The first-order chi connectivity index (χ1) is 15.9. The number of benzene rings is 2. The lowest BCUT2D eigenvalue weighted by Crippen LogP contribution is -2.63. The van der Waals surface area contributed by atoms with Gasteiger partial charge >= 0.3 is 6.09 Å². The predicted molar refractivity (Wildman–Crippen MR) is 121 cm³/mol. The standard InChI is InChI=1S/C23H24FN5O4/c1-3-7-28-10-23(11-28)12-29(22(31)33-23)17-8-14-16(9-19(17)32-2)25-13-26-21(14)27-15-5-4-6-18(30)20(15)24/h4-6,8-9,13,30H,3,7,10-12H2,1-2H3,(H,25,26,27). The topological polar surface area (TPSA) is 100 Å². The van der Waals surface area contributed by atoms with Crippen molar-refractivity contribution < 1.29 is 23.8 Å². The van der Waals surface area contributed by atoms with Gasteiger partial charge in [-0.15, -0.1) is 0 Å². The second kappa shape index (κ2) is 8.04. The first-order valence-corrected chi connectivity index (χ1v) is 10.7. The Morgan fingerprint density at radius 2 is 2.09 bits per heavy atom. The van der Waals surface area contributed by atoms with Gasteiger partial charge in [-0.2, -0.15) is 0 Å². The van der Waals surface area contributed by atoms with Crippen LogP contribution in [0.25, 0.3) is 10.9 Å². The van der Waals surface area contributed by atoms with Crippen LogP contribution in [0.1, 0.15) is 13.3 Å². The zero-order valence-electron chi connectivity index (χ0n) is 18.3. The Balaban J connectivity index is 1.51. The van der Waals surface area contributed by atoms with Crippen molar-refractivity contribution in [1.82, 2.24) is 14.9 Å². The summed E-state index contributed by atoms with van der Waals surface area (Å²) >= 11 is 0. The van der Waals surface area contributed by atoms with Gasteiger partial charge in [0.1, 0.15) is 17.9 Å². The van der Waals surface area contributed by atoms with E-state index in [2.05, 4.69) is 27.1 Å². The second-order valence-electron chi connectivity index (χ2n) is 8.37. The molecule has 2 aliphatic heterocycles. The van der Waals surface area contributed by atoms with E-state index >= 15 is 0 Å². The molecule has 2 aromatic carbocycles. The van der Waals surface area contributed by atoms with Gasteiger partial charge in [0.15, 0.2) is 17.2 Å². The van der Waals surface area contributed by atoms with Crippen molar-refractivity contribution >= 4 is 34.2 Å². The second-order valence-corrected chi connectivity index (χ2v) is 8.37. The number of ether oxygens (including phenoxy) is 2. The zero-order chi connectivity index (χ0) is 23.2. The third kappa shape index (κ3) is 3.66. The number of carbonyl (C=O) groups is 1. The van der Waals surface area contributed by atoms with Gasteiger partial charge < -0.3 is 19.9 Å². The van der Waals surface area contributed by atoms with Gasteiger partial charge in [0, 0.05) is 24.5 Å². The highest BCUT2D eigenvalue weighted by Crippen LogP contribution is 2.41. The Morgan fingerprint density at radius 1 is 1.27 bits per heavy atom. The number of anilines is 3. The fourth-order valence-corrected chi connectivity index (χ4v) is 4.51. The number of nitrogens with one attached hydrogen (secondary N) is 1. The molecule has 0 radical (unpaired) electrons. The van der Waals surface area contributed by atoms with Crippen LogP contribution in [-0.2, 0) is 4.74 Å². The van der Waals surface area contributed by atoms with Gasteiger partial charge in [0.25, 0.3) is 0 Å². The molecule has 1 spiro atoms. The lowest BCUT2D eigenvalue weighted by molar-refractivity contribution is -0.0720. The molecule has 0 atom stereocenters. The maximum absolute atomic E-state index is 14.4. The number of aromatic nitrogens is 2. The number of methoxy groups -OCH3 is 1. The molecule has 0 saturated carbocycles. The van der Waals surface area contributed by atoms with E-state index in [0.29, 0.717) is 47.8 Å². The molecule has 9 nitrogen and oxygen atoms in total. The monoisotopic (exact) mass is 453 g/mol. The number of phenols is 1. The Labute approximate surface area is 189 Å². The number of hydrogen-bond acceptors (Lipinski definition) is 8. The minimum Gasteiger partial charge on any atom is -0.505 e. The highest BCUT2D eigenvalue weighted by atomic mass is 19.1. The van der Waals surface area contributed by atoms with Gasteiger partial charge in [0.05, 0.1) is 30.5 Å². The van der Waals surface area contributed by atoms with Crippen LogP contribution in [0, 0.1) is 5.82 Å². The van der Waals surface area contributed by atoms with E-state index in [4.69, 9.17) is 9.47 Å². The summed E-state index contributed by atoms with van der Waals surface area (Å²) in [6, 6.07) is 7.73. The van der Waals surface area contributed by atoms with Gasteiger partial charge in [-0.3, -0.25) is 9.80 Å². The van der Waals surface area contributed by atoms with Crippen LogP contribution in [0.2, 0.25) is 0 Å². The third-order valence-corrected chi connectivity index (χ3v) is 5.99. The van der Waals surface area contributed by atoms with Gasteiger partial charge in [-0.05, 0) is 31.2 Å². The maximum atomic E-state index is 14.4. The molecule has 2 N–H and O–H groups in total. The molecule has 10 heteroatoms. The smallest absolute Gasteiger partial charge is 0.415 e. The number of fused-ring (bicyclic) bond motifs is 1. The SMILES string of the molecule is CCCN1CC2(C1)CN(c1cc3c(Nc4cccc(O)c4F)ncnc3cc1OC)C(=O)O2. The molecule has 0 bridgehead atoms. The maximum Gasteiger partial charge on any atom is 0.415 e. The number of likely N-dealkylation sites (tertiary alicyclic amines) is 1. The summed E-state index contributed by atoms with van der Waals surface area (Å²) in [7, 11) is 1.52. The van der Waals surface area contributed by atoms with E-state index in [1.807, 2.05) is 0 Å². The van der Waals surface area contributed by atoms with Gasteiger partial charge in [-0.1, -0.05) is 13.0 Å². The number of rotatable bonds is 6. The fourth-order valence-electron chi connectivity index (χ4n) is 4.51. The Hall–Kier alpha value is -3.66. The molecule has 5 rings (SSSR count). The lowest BCUT2D eigenvalue weighted by atomic mass is 9.93. The molecule has 2 saturated heterocycles. The summed E-state index contributed by atoms with van der Waals surface area (Å²) in [5.74, 6) is -0.462. The number of amides is 1. The van der Waals surface area contributed by atoms with Crippen LogP contribution in [0.4, 0.5) is 26.4 Å². The average Bonchev–Trinajstić information content (AvgIpc) is 3.13. The normalized spacial score (nSPS) is 17.3. The Bertz CT molecular complexity index is 1230. The Kier molecular flexibility index (Phi) is 5.16. The summed E-state index contributed by atoms with van der Waals surface area (Å²) in [6.45, 7) is 4.90. The molecule has 3 heterocycles. The summed E-state index contributed by atoms with van der Waals surface area (Å²) in [4.78, 5) is 25.2. The fraction of sp³-hybridized carbons (Fsp3) is 0.348. The van der Waals surface area contributed by atoms with Crippen molar-refractivity contribution in [2.24, 2.45) is 0 Å².